The van der Waals surface area contributed by atoms with Crippen LogP contribution in [0.25, 0.3) is 0 Å². The normalized spacial score (nSPS) is 10.5. The number of aryl methyl sites for hydroxylation is 1. The topological polar surface area (TPSA) is 97.5 Å². The van der Waals surface area contributed by atoms with Gasteiger partial charge in [0.15, 0.2) is 0 Å². The lowest BCUT2D eigenvalue weighted by molar-refractivity contribution is 0.0386. The zero-order chi connectivity index (χ0) is 19.3. The summed E-state index contributed by atoms with van der Waals surface area (Å²) in [6.07, 6.45) is 0. The summed E-state index contributed by atoms with van der Waals surface area (Å²) >= 11 is 6.03. The molecule has 1 heterocycles. The summed E-state index contributed by atoms with van der Waals surface area (Å²) in [5, 5.41) is 3.12. The van der Waals surface area contributed by atoms with Crippen LogP contribution in [0.2, 0.25) is 5.02 Å². The maximum Gasteiger partial charge on any atom is 0.340 e. The molecule has 0 atom stereocenters. The molecular formula is C18H19ClN2O5. The van der Waals surface area contributed by atoms with E-state index in [4.69, 9.17) is 21.1 Å². The number of aromatic amines is 1. The fraction of sp³-hybridized carbons (Fsp3) is 0.278. The molecule has 0 saturated carbocycles. The lowest BCUT2D eigenvalue weighted by atomic mass is 10.1. The number of anilines is 1. The molecule has 0 spiro atoms. The van der Waals surface area contributed by atoms with Gasteiger partial charge in [-0.1, -0.05) is 17.7 Å². The summed E-state index contributed by atoms with van der Waals surface area (Å²) in [6, 6.07) is 6.27. The second kappa shape index (κ2) is 8.64. The van der Waals surface area contributed by atoms with E-state index in [2.05, 4.69) is 10.3 Å². The van der Waals surface area contributed by atoms with Gasteiger partial charge in [-0.25, -0.2) is 4.79 Å². The second-order valence-electron chi connectivity index (χ2n) is 5.55. The number of H-pyrrole nitrogens is 1. The number of pyridine rings is 1. The zero-order valence-corrected chi connectivity index (χ0v) is 15.4. The maximum atomic E-state index is 12.5. The molecule has 8 heteroatoms. The maximum absolute atomic E-state index is 12.5. The van der Waals surface area contributed by atoms with E-state index in [0.717, 1.165) is 0 Å². The molecule has 1 aromatic heterocycles. The number of aromatic nitrogens is 1. The second-order valence-corrected chi connectivity index (χ2v) is 5.95. The van der Waals surface area contributed by atoms with Crippen molar-refractivity contribution in [3.05, 3.63) is 62.0 Å². The number of hydrogen-bond donors (Lipinski definition) is 2. The van der Waals surface area contributed by atoms with Crippen LogP contribution in [-0.2, 0) is 9.47 Å². The van der Waals surface area contributed by atoms with Gasteiger partial charge >= 0.3 is 5.97 Å². The van der Waals surface area contributed by atoms with Crippen LogP contribution in [0.5, 0.6) is 0 Å². The smallest absolute Gasteiger partial charge is 0.340 e. The van der Waals surface area contributed by atoms with E-state index in [-0.39, 0.29) is 24.3 Å². The molecule has 0 aliphatic rings. The molecule has 0 unspecified atom stereocenters. The van der Waals surface area contributed by atoms with Crippen molar-refractivity contribution < 1.29 is 19.1 Å². The van der Waals surface area contributed by atoms with Gasteiger partial charge in [0.2, 0.25) is 0 Å². The molecule has 0 radical (unpaired) electrons. The van der Waals surface area contributed by atoms with E-state index < -0.39 is 17.4 Å². The Bertz CT molecular complexity index is 892. The van der Waals surface area contributed by atoms with E-state index in [9.17, 15) is 14.4 Å². The summed E-state index contributed by atoms with van der Waals surface area (Å²) in [5.41, 5.74) is 0.764. The van der Waals surface area contributed by atoms with Gasteiger partial charge < -0.3 is 19.8 Å². The Hall–Kier alpha value is -2.64. The Balaban J connectivity index is 2.29. The first-order chi connectivity index (χ1) is 12.3. The van der Waals surface area contributed by atoms with Crippen molar-refractivity contribution in [2.75, 3.05) is 25.6 Å². The Morgan fingerprint density at radius 3 is 2.62 bits per heavy atom. The van der Waals surface area contributed by atoms with Gasteiger partial charge in [0.1, 0.15) is 12.2 Å². The van der Waals surface area contributed by atoms with Crippen molar-refractivity contribution in [3.8, 4) is 0 Å². The minimum atomic E-state index is -0.650. The number of hydrogen-bond acceptors (Lipinski definition) is 5. The quantitative estimate of drug-likeness (QED) is 0.595. The highest BCUT2D eigenvalue weighted by atomic mass is 35.5. The molecule has 0 saturated heterocycles. The number of rotatable bonds is 6. The predicted molar refractivity (Wildman–Crippen MR) is 98.1 cm³/mol. The number of ether oxygens (including phenoxy) is 2. The van der Waals surface area contributed by atoms with E-state index in [1.807, 2.05) is 0 Å². The van der Waals surface area contributed by atoms with Crippen LogP contribution < -0.4 is 10.9 Å². The Labute approximate surface area is 155 Å². The highest BCUT2D eigenvalue weighted by molar-refractivity contribution is 6.31. The third-order valence-corrected chi connectivity index (χ3v) is 4.15. The minimum Gasteiger partial charge on any atom is -0.460 e. The van der Waals surface area contributed by atoms with Crippen molar-refractivity contribution in [3.63, 3.8) is 0 Å². The van der Waals surface area contributed by atoms with Gasteiger partial charge in [-0.3, -0.25) is 9.59 Å². The van der Waals surface area contributed by atoms with E-state index in [1.54, 1.807) is 32.0 Å². The standard InChI is InChI=1S/C18H19ClN2O5/c1-10-14(19)5-4-6-15(10)21-17(23)13-9-12(11(2)20-16(13)22)18(24)26-8-7-25-3/h4-6,9H,7-8H2,1-3H3,(H,20,22)(H,21,23). The van der Waals surface area contributed by atoms with Crippen molar-refractivity contribution >= 4 is 29.2 Å². The van der Waals surface area contributed by atoms with E-state index >= 15 is 0 Å². The Morgan fingerprint density at radius 2 is 1.92 bits per heavy atom. The van der Waals surface area contributed by atoms with Crippen LogP contribution in [0.4, 0.5) is 5.69 Å². The third kappa shape index (κ3) is 4.50. The number of esters is 1. The average molecular weight is 379 g/mol. The number of halogens is 1. The van der Waals surface area contributed by atoms with Gasteiger partial charge in [0, 0.05) is 23.5 Å². The van der Waals surface area contributed by atoms with Crippen LogP contribution in [0, 0.1) is 13.8 Å². The predicted octanol–water partition coefficient (Wildman–Crippen LogP) is 2.70. The van der Waals surface area contributed by atoms with Crippen molar-refractivity contribution in [1.82, 2.24) is 4.98 Å². The van der Waals surface area contributed by atoms with Gasteiger partial charge in [-0.05, 0) is 37.6 Å². The van der Waals surface area contributed by atoms with E-state index in [0.29, 0.717) is 22.0 Å². The number of carbonyl (C=O) groups excluding carboxylic acids is 2. The van der Waals surface area contributed by atoms with Crippen LogP contribution in [-0.4, -0.2) is 37.2 Å². The molecule has 0 aliphatic heterocycles. The molecule has 7 nitrogen and oxygen atoms in total. The number of carbonyl (C=O) groups is 2. The molecule has 0 aliphatic carbocycles. The molecule has 0 bridgehead atoms. The minimum absolute atomic E-state index is 0.0666. The lowest BCUT2D eigenvalue weighted by Crippen LogP contribution is -2.26. The molecular weight excluding hydrogens is 360 g/mol. The van der Waals surface area contributed by atoms with Crippen molar-refractivity contribution in [1.29, 1.82) is 0 Å². The monoisotopic (exact) mass is 378 g/mol. The fourth-order valence-electron chi connectivity index (χ4n) is 2.23. The number of nitrogens with one attached hydrogen (secondary N) is 2. The molecule has 2 rings (SSSR count). The Morgan fingerprint density at radius 1 is 1.19 bits per heavy atom. The highest BCUT2D eigenvalue weighted by Crippen LogP contribution is 2.23. The fourth-order valence-corrected chi connectivity index (χ4v) is 2.41. The SMILES string of the molecule is COCCOC(=O)c1cc(C(=O)Nc2cccc(Cl)c2C)c(=O)[nH]c1C. The van der Waals surface area contributed by atoms with Crippen molar-refractivity contribution in [2.45, 2.75) is 13.8 Å². The van der Waals surface area contributed by atoms with Gasteiger partial charge in [0.05, 0.1) is 12.2 Å². The molecule has 1 amide bonds. The molecule has 138 valence electrons. The zero-order valence-electron chi connectivity index (χ0n) is 14.6. The first-order valence-corrected chi connectivity index (χ1v) is 8.19. The lowest BCUT2D eigenvalue weighted by Gasteiger charge is -2.11. The number of benzene rings is 1. The number of amides is 1. The summed E-state index contributed by atoms with van der Waals surface area (Å²) < 4.78 is 9.86. The summed E-state index contributed by atoms with van der Waals surface area (Å²) in [5.74, 6) is -1.30. The van der Waals surface area contributed by atoms with Gasteiger partial charge in [-0.15, -0.1) is 0 Å². The van der Waals surface area contributed by atoms with Crippen LogP contribution in [0.1, 0.15) is 32.0 Å². The first-order valence-electron chi connectivity index (χ1n) is 7.81. The highest BCUT2D eigenvalue weighted by Gasteiger charge is 2.19. The largest absolute Gasteiger partial charge is 0.460 e. The van der Waals surface area contributed by atoms with Crippen LogP contribution >= 0.6 is 11.6 Å². The summed E-state index contributed by atoms with van der Waals surface area (Å²) in [7, 11) is 1.49. The Kier molecular flexibility index (Phi) is 6.54. The first kappa shape index (κ1) is 19.7. The van der Waals surface area contributed by atoms with E-state index in [1.165, 1.54) is 13.2 Å². The molecule has 2 aromatic rings. The summed E-state index contributed by atoms with van der Waals surface area (Å²) in [4.78, 5) is 39.3. The molecule has 26 heavy (non-hydrogen) atoms. The molecule has 1 aromatic carbocycles. The molecule has 2 N–H and O–H groups in total. The molecule has 0 fully saturated rings. The average Bonchev–Trinajstić information content (AvgIpc) is 2.59. The van der Waals surface area contributed by atoms with Gasteiger partial charge in [-0.2, -0.15) is 0 Å². The van der Waals surface area contributed by atoms with Crippen LogP contribution in [0.15, 0.2) is 29.1 Å². The van der Waals surface area contributed by atoms with Gasteiger partial charge in [0.25, 0.3) is 11.5 Å². The summed E-state index contributed by atoms with van der Waals surface area (Å²) in [6.45, 7) is 3.61. The third-order valence-electron chi connectivity index (χ3n) is 3.74. The van der Waals surface area contributed by atoms with Crippen LogP contribution in [0.3, 0.4) is 0 Å². The number of methoxy groups -OCH3 is 1. The van der Waals surface area contributed by atoms with Crippen molar-refractivity contribution in [2.24, 2.45) is 0 Å².